The molecule has 2 heterocycles. The van der Waals surface area contributed by atoms with Crippen LogP contribution in [0.1, 0.15) is 31.7 Å². The zero-order valence-corrected chi connectivity index (χ0v) is 11.5. The number of rotatable bonds is 1. The first kappa shape index (κ1) is 10.9. The van der Waals surface area contributed by atoms with Crippen LogP contribution in [-0.4, -0.2) is 9.55 Å². The van der Waals surface area contributed by atoms with Crippen molar-refractivity contribution in [2.75, 3.05) is 0 Å². The van der Waals surface area contributed by atoms with Crippen LogP contribution in [0.5, 0.6) is 0 Å². The van der Waals surface area contributed by atoms with Gasteiger partial charge in [0.05, 0.1) is 5.39 Å². The number of hydrogen-bond donors (Lipinski definition) is 1. The molecule has 2 aliphatic rings. The zero-order chi connectivity index (χ0) is 12.3. The van der Waals surface area contributed by atoms with Gasteiger partial charge in [-0.2, -0.15) is 0 Å². The first-order valence-corrected chi connectivity index (χ1v) is 7.75. The molecule has 0 radical (unpaired) electrons. The summed E-state index contributed by atoms with van der Waals surface area (Å²) in [5.74, 6) is 1.48. The molecule has 18 heavy (non-hydrogen) atoms. The maximum atomic E-state index is 12.6. The van der Waals surface area contributed by atoms with Gasteiger partial charge in [0.15, 0.2) is 4.77 Å². The largest absolute Gasteiger partial charge is 0.323 e. The van der Waals surface area contributed by atoms with E-state index < -0.39 is 0 Å². The lowest BCUT2D eigenvalue weighted by Crippen LogP contribution is -2.29. The van der Waals surface area contributed by atoms with Crippen LogP contribution in [0.15, 0.2) is 16.2 Å². The van der Waals surface area contributed by atoms with Gasteiger partial charge in [0, 0.05) is 6.04 Å². The molecule has 0 saturated heterocycles. The Morgan fingerprint density at radius 1 is 1.39 bits per heavy atom. The topological polar surface area (TPSA) is 37.8 Å². The second kappa shape index (κ2) is 3.78. The van der Waals surface area contributed by atoms with Crippen molar-refractivity contribution in [3.8, 4) is 0 Å². The second-order valence-electron chi connectivity index (χ2n) is 5.51. The molecule has 3 nitrogen and oxygen atoms in total. The molecule has 0 aromatic carbocycles. The minimum absolute atomic E-state index is 0.104. The van der Waals surface area contributed by atoms with Gasteiger partial charge < -0.3 is 4.98 Å². The van der Waals surface area contributed by atoms with Crippen LogP contribution in [0, 0.1) is 16.6 Å². The molecule has 2 saturated carbocycles. The van der Waals surface area contributed by atoms with Gasteiger partial charge in [-0.25, -0.2) is 0 Å². The van der Waals surface area contributed by atoms with Crippen molar-refractivity contribution < 1.29 is 0 Å². The third kappa shape index (κ3) is 1.40. The van der Waals surface area contributed by atoms with Gasteiger partial charge in [-0.3, -0.25) is 9.36 Å². The highest BCUT2D eigenvalue weighted by Gasteiger charge is 2.41. The standard InChI is InChI=1S/C13H14N2OS2/c16-12-9-3-4-18-11(9)14-13(17)15(12)10-6-7-1-2-8(10)5-7/h3-4,7-8,10H,1-2,5-6H2,(H,14,17)/t7-,8+,10-/m0/s1. The molecule has 0 aliphatic heterocycles. The highest BCUT2D eigenvalue weighted by Crippen LogP contribution is 2.50. The van der Waals surface area contributed by atoms with Crippen molar-refractivity contribution >= 4 is 33.8 Å². The molecular formula is C13H14N2OS2. The Kier molecular flexibility index (Phi) is 2.29. The van der Waals surface area contributed by atoms with Crippen LogP contribution < -0.4 is 5.56 Å². The van der Waals surface area contributed by atoms with Crippen LogP contribution in [0.3, 0.4) is 0 Å². The Hall–Kier alpha value is -0.940. The number of nitrogens with zero attached hydrogens (tertiary/aromatic N) is 1. The van der Waals surface area contributed by atoms with Gasteiger partial charge in [0.25, 0.3) is 5.56 Å². The average Bonchev–Trinajstić information content (AvgIpc) is 3.02. The summed E-state index contributed by atoms with van der Waals surface area (Å²) in [6.07, 6.45) is 5.02. The van der Waals surface area contributed by atoms with Gasteiger partial charge in [0.2, 0.25) is 0 Å². The number of aromatic nitrogens is 2. The summed E-state index contributed by atoms with van der Waals surface area (Å²) < 4.78 is 2.46. The summed E-state index contributed by atoms with van der Waals surface area (Å²) in [7, 11) is 0. The summed E-state index contributed by atoms with van der Waals surface area (Å²) in [4.78, 5) is 16.7. The SMILES string of the molecule is O=c1c2ccsc2[nH]c(=S)n1[C@H]1C[C@H]2CC[C@@H]1C2. The van der Waals surface area contributed by atoms with Gasteiger partial charge >= 0.3 is 0 Å². The second-order valence-corrected chi connectivity index (χ2v) is 6.81. The van der Waals surface area contributed by atoms with Crippen molar-refractivity contribution in [1.82, 2.24) is 9.55 Å². The molecule has 94 valence electrons. The van der Waals surface area contributed by atoms with Crippen LogP contribution in [0.25, 0.3) is 10.2 Å². The van der Waals surface area contributed by atoms with Gasteiger partial charge in [-0.05, 0) is 54.8 Å². The molecule has 2 aromatic heterocycles. The minimum Gasteiger partial charge on any atom is -0.323 e. The van der Waals surface area contributed by atoms with E-state index in [-0.39, 0.29) is 5.56 Å². The van der Waals surface area contributed by atoms with E-state index >= 15 is 0 Å². The van der Waals surface area contributed by atoms with Crippen molar-refractivity contribution in [3.63, 3.8) is 0 Å². The molecule has 1 N–H and O–H groups in total. The smallest absolute Gasteiger partial charge is 0.263 e. The molecule has 0 amide bonds. The summed E-state index contributed by atoms with van der Waals surface area (Å²) in [5.41, 5.74) is 0.104. The normalized spacial score (nSPS) is 30.3. The van der Waals surface area contributed by atoms with E-state index in [1.165, 1.54) is 19.3 Å². The average molecular weight is 278 g/mol. The first-order valence-electron chi connectivity index (χ1n) is 6.46. The zero-order valence-electron chi connectivity index (χ0n) is 9.89. The van der Waals surface area contributed by atoms with Crippen LogP contribution in [0.4, 0.5) is 0 Å². The number of hydrogen-bond acceptors (Lipinski definition) is 3. The number of H-pyrrole nitrogens is 1. The summed E-state index contributed by atoms with van der Waals surface area (Å²) in [5, 5.41) is 2.74. The molecule has 4 rings (SSSR count). The Morgan fingerprint density at radius 2 is 2.28 bits per heavy atom. The number of aromatic amines is 1. The Labute approximate surface area is 113 Å². The molecule has 3 atom stereocenters. The molecule has 0 unspecified atom stereocenters. The highest BCUT2D eigenvalue weighted by molar-refractivity contribution is 7.71. The van der Waals surface area contributed by atoms with Crippen molar-refractivity contribution in [1.29, 1.82) is 0 Å². The summed E-state index contributed by atoms with van der Waals surface area (Å²) in [6, 6.07) is 2.24. The van der Waals surface area contributed by atoms with Gasteiger partial charge in [0.1, 0.15) is 4.83 Å². The summed E-state index contributed by atoms with van der Waals surface area (Å²) >= 11 is 6.95. The van der Waals surface area contributed by atoms with E-state index in [2.05, 4.69) is 4.98 Å². The third-order valence-electron chi connectivity index (χ3n) is 4.59. The number of nitrogens with one attached hydrogen (secondary N) is 1. The third-order valence-corrected chi connectivity index (χ3v) is 5.71. The minimum atomic E-state index is 0.104. The maximum absolute atomic E-state index is 12.6. The lowest BCUT2D eigenvalue weighted by Gasteiger charge is -2.23. The first-order chi connectivity index (χ1) is 8.74. The van der Waals surface area contributed by atoms with Crippen molar-refractivity contribution in [3.05, 3.63) is 26.6 Å². The van der Waals surface area contributed by atoms with Crippen LogP contribution >= 0.6 is 23.6 Å². The van der Waals surface area contributed by atoms with E-state index in [1.54, 1.807) is 11.3 Å². The quantitative estimate of drug-likeness (QED) is 0.811. The van der Waals surface area contributed by atoms with Crippen LogP contribution in [-0.2, 0) is 0 Å². The highest BCUT2D eigenvalue weighted by atomic mass is 32.1. The molecule has 2 bridgehead atoms. The van der Waals surface area contributed by atoms with Crippen molar-refractivity contribution in [2.24, 2.45) is 11.8 Å². The predicted molar refractivity (Wildman–Crippen MR) is 75.8 cm³/mol. The van der Waals surface area contributed by atoms with E-state index in [9.17, 15) is 4.79 Å². The fraction of sp³-hybridized carbons (Fsp3) is 0.538. The maximum Gasteiger partial charge on any atom is 0.263 e. The fourth-order valence-corrected chi connectivity index (χ4v) is 4.95. The van der Waals surface area contributed by atoms with E-state index in [0.717, 1.165) is 22.6 Å². The molecule has 2 fully saturated rings. The monoisotopic (exact) mass is 278 g/mol. The molecule has 2 aromatic rings. The molecule has 2 aliphatic carbocycles. The Balaban J connectivity index is 1.95. The lowest BCUT2D eigenvalue weighted by molar-refractivity contribution is 0.319. The molecule has 5 heteroatoms. The Bertz CT molecular complexity index is 726. The van der Waals surface area contributed by atoms with E-state index in [1.807, 2.05) is 16.0 Å². The van der Waals surface area contributed by atoms with E-state index in [0.29, 0.717) is 16.7 Å². The van der Waals surface area contributed by atoms with Gasteiger partial charge in [-0.1, -0.05) is 6.42 Å². The van der Waals surface area contributed by atoms with Crippen LogP contribution in [0.2, 0.25) is 0 Å². The van der Waals surface area contributed by atoms with E-state index in [4.69, 9.17) is 12.2 Å². The molecular weight excluding hydrogens is 264 g/mol. The number of fused-ring (bicyclic) bond motifs is 3. The Morgan fingerprint density at radius 3 is 3.00 bits per heavy atom. The molecule has 0 spiro atoms. The predicted octanol–water partition coefficient (Wildman–Crippen LogP) is 3.48. The van der Waals surface area contributed by atoms with Crippen molar-refractivity contribution in [2.45, 2.75) is 31.7 Å². The van der Waals surface area contributed by atoms with Gasteiger partial charge in [-0.15, -0.1) is 11.3 Å². The summed E-state index contributed by atoms with van der Waals surface area (Å²) in [6.45, 7) is 0. The fourth-order valence-electron chi connectivity index (χ4n) is 3.78. The number of thiophene rings is 1. The lowest BCUT2D eigenvalue weighted by atomic mass is 9.95.